The zero-order chi connectivity index (χ0) is 19.9. The second-order valence-corrected chi connectivity index (χ2v) is 11.6. The number of rotatable bonds is 5. The van der Waals surface area contributed by atoms with Crippen LogP contribution in [-0.2, 0) is 14.8 Å². The van der Waals surface area contributed by atoms with Crippen molar-refractivity contribution in [2.45, 2.75) is 69.9 Å². The summed E-state index contributed by atoms with van der Waals surface area (Å²) < 4.78 is 13.8. The zero-order valence-corrected chi connectivity index (χ0v) is 17.5. The van der Waals surface area contributed by atoms with Gasteiger partial charge in [0.2, 0.25) is 0 Å². The highest BCUT2D eigenvalue weighted by Gasteiger charge is 2.59. The fourth-order valence-corrected chi connectivity index (χ4v) is 5.34. The molecule has 0 aromatic carbocycles. The van der Waals surface area contributed by atoms with Crippen LogP contribution < -0.4 is 11.2 Å². The molecule has 1 aliphatic heterocycles. The van der Waals surface area contributed by atoms with E-state index in [1.807, 2.05) is 33.9 Å². The highest BCUT2D eigenvalue weighted by molar-refractivity contribution is 6.58. The van der Waals surface area contributed by atoms with Crippen LogP contribution in [-0.4, -0.2) is 59.1 Å². The first-order valence-corrected chi connectivity index (χ1v) is 11.7. The summed E-state index contributed by atoms with van der Waals surface area (Å²) in [5.74, 6) is 0. The number of aromatic nitrogens is 2. The summed E-state index contributed by atoms with van der Waals surface area (Å²) in [6, 6.07) is 0. The molecule has 0 saturated carbocycles. The Morgan fingerprint density at radius 2 is 1.92 bits per heavy atom. The molecule has 1 aromatic rings. The summed E-state index contributed by atoms with van der Waals surface area (Å²) in [6.07, 6.45) is 1.19. The molecule has 1 saturated heterocycles. The lowest BCUT2D eigenvalue weighted by Crippen LogP contribution is -2.54. The Morgan fingerprint density at radius 1 is 1.35 bits per heavy atom. The van der Waals surface area contributed by atoms with Crippen molar-refractivity contribution in [2.75, 3.05) is 13.2 Å². The summed E-state index contributed by atoms with van der Waals surface area (Å²) in [4.78, 5) is 26.6. The van der Waals surface area contributed by atoms with E-state index in [1.165, 1.54) is 10.8 Å². The summed E-state index contributed by atoms with van der Waals surface area (Å²) in [7, 11) is -1.75. The van der Waals surface area contributed by atoms with Gasteiger partial charge in [-0.3, -0.25) is 14.3 Å². The van der Waals surface area contributed by atoms with Gasteiger partial charge in [-0.05, 0) is 27.7 Å². The van der Waals surface area contributed by atoms with E-state index >= 15 is 0 Å². The van der Waals surface area contributed by atoms with Gasteiger partial charge in [-0.25, -0.2) is 4.79 Å². The molecule has 0 aliphatic carbocycles. The third kappa shape index (κ3) is 3.59. The van der Waals surface area contributed by atoms with Gasteiger partial charge in [0.25, 0.3) is 5.56 Å². The van der Waals surface area contributed by atoms with Crippen molar-refractivity contribution in [2.24, 2.45) is 0 Å². The van der Waals surface area contributed by atoms with Gasteiger partial charge in [0.1, 0.15) is 10.9 Å². The third-order valence-corrected chi connectivity index (χ3v) is 7.34. The number of hydrogen-bond donors (Lipinski definition) is 3. The van der Waals surface area contributed by atoms with Crippen molar-refractivity contribution in [3.05, 3.63) is 32.6 Å². The molecule has 2 atom stereocenters. The van der Waals surface area contributed by atoms with Crippen molar-refractivity contribution in [3.63, 3.8) is 0 Å². The average Bonchev–Trinajstić information content (AvgIpc) is 2.85. The Bertz CT molecular complexity index is 762. The normalized spacial score (nSPS) is 25.8. The van der Waals surface area contributed by atoms with E-state index in [0.29, 0.717) is 12.0 Å². The molecule has 0 amide bonds. The lowest BCUT2D eigenvalue weighted by molar-refractivity contribution is -0.192. The van der Waals surface area contributed by atoms with Crippen LogP contribution in [0, 0.1) is 6.92 Å². The molecule has 148 valence electrons. The number of H-pyrrole nitrogens is 1. The van der Waals surface area contributed by atoms with E-state index in [4.69, 9.17) is 9.47 Å². The van der Waals surface area contributed by atoms with Gasteiger partial charge in [-0.2, -0.15) is 0 Å². The molecule has 0 bridgehead atoms. The first-order valence-electron chi connectivity index (χ1n) is 8.83. The molecule has 1 aromatic heterocycles. The molecule has 2 rings (SSSR count). The highest BCUT2D eigenvalue weighted by Crippen LogP contribution is 2.45. The van der Waals surface area contributed by atoms with Gasteiger partial charge in [0.05, 0.1) is 33.7 Å². The summed E-state index contributed by atoms with van der Waals surface area (Å²) in [6.45, 7) is 10.4. The first kappa shape index (κ1) is 21.0. The molecule has 26 heavy (non-hydrogen) atoms. The molecule has 1 aliphatic rings. The molecular formula is C17H30N2O6Si. The maximum absolute atomic E-state index is 12.6. The van der Waals surface area contributed by atoms with E-state index in [9.17, 15) is 19.8 Å². The average molecular weight is 387 g/mol. The predicted molar refractivity (Wildman–Crippen MR) is 100 cm³/mol. The van der Waals surface area contributed by atoms with E-state index in [1.54, 1.807) is 6.92 Å². The van der Waals surface area contributed by atoms with Gasteiger partial charge in [0, 0.05) is 18.2 Å². The van der Waals surface area contributed by atoms with Crippen LogP contribution in [0.4, 0.5) is 0 Å². The lowest BCUT2D eigenvalue weighted by Gasteiger charge is -2.37. The van der Waals surface area contributed by atoms with Crippen LogP contribution in [0.3, 0.4) is 0 Å². The Morgan fingerprint density at radius 3 is 2.38 bits per heavy atom. The molecule has 8 nitrogen and oxygen atoms in total. The lowest BCUT2D eigenvalue weighted by atomic mass is 9.97. The Hall–Kier alpha value is -1.26. The van der Waals surface area contributed by atoms with Crippen molar-refractivity contribution in [1.29, 1.82) is 0 Å². The van der Waals surface area contributed by atoms with Crippen molar-refractivity contribution in [3.8, 4) is 0 Å². The van der Waals surface area contributed by atoms with Crippen molar-refractivity contribution in [1.82, 2.24) is 9.55 Å². The van der Waals surface area contributed by atoms with Gasteiger partial charge < -0.3 is 19.7 Å². The number of aromatic amines is 1. The first-order chi connectivity index (χ1) is 11.9. The van der Waals surface area contributed by atoms with Gasteiger partial charge in [0.15, 0.2) is 0 Å². The fourth-order valence-electron chi connectivity index (χ4n) is 3.43. The van der Waals surface area contributed by atoms with Crippen LogP contribution in [0.2, 0.25) is 13.1 Å². The second-order valence-electron chi connectivity index (χ2n) is 8.35. The molecule has 9 heteroatoms. The van der Waals surface area contributed by atoms with Gasteiger partial charge >= 0.3 is 5.69 Å². The quantitative estimate of drug-likeness (QED) is 0.607. The minimum atomic E-state index is -1.75. The maximum Gasteiger partial charge on any atom is 0.330 e. The van der Waals surface area contributed by atoms with E-state index in [0.717, 1.165) is 0 Å². The maximum atomic E-state index is 12.6. The standard InChI is InChI=1S/C17H30N2O6Si/c1-11-8-19(14(23)18-13(11)22)17(26(5)6)7-12(24-15(2,3)4)16(9-20,10-21)25-17/h8,12,20-21,26H,7,9-10H2,1-6H3,(H,18,22,23)/t12-,17-/m0/s1. The van der Waals surface area contributed by atoms with E-state index in [-0.39, 0.29) is 0 Å². The Kier molecular flexibility index (Phi) is 5.70. The van der Waals surface area contributed by atoms with Crippen LogP contribution in [0.15, 0.2) is 15.8 Å². The smallest absolute Gasteiger partial charge is 0.330 e. The zero-order valence-electron chi connectivity index (χ0n) is 16.3. The SMILES string of the molecule is Cc1cn([C@@]2([SiH](C)C)C[C@H](OC(C)(C)C)C(CO)(CO)O2)c(=O)[nH]c1=O. The second kappa shape index (κ2) is 7.04. The molecule has 0 unspecified atom stereocenters. The topological polar surface area (TPSA) is 114 Å². The molecule has 0 radical (unpaired) electrons. The number of ether oxygens (including phenoxy) is 2. The van der Waals surface area contributed by atoms with Crippen LogP contribution in [0.1, 0.15) is 32.8 Å². The van der Waals surface area contributed by atoms with Crippen LogP contribution in [0.25, 0.3) is 0 Å². The van der Waals surface area contributed by atoms with E-state index in [2.05, 4.69) is 4.98 Å². The van der Waals surface area contributed by atoms with Crippen molar-refractivity contribution < 1.29 is 19.7 Å². The predicted octanol–water partition coefficient (Wildman–Crippen LogP) is -0.149. The molecule has 3 N–H and O–H groups in total. The summed E-state index contributed by atoms with van der Waals surface area (Å²) in [5.41, 5.74) is -2.47. The minimum absolute atomic E-state index is 0.306. The molecule has 1 fully saturated rings. The van der Waals surface area contributed by atoms with Gasteiger partial charge in [-0.15, -0.1) is 0 Å². The third-order valence-electron chi connectivity index (χ3n) is 4.91. The molecule has 0 spiro atoms. The monoisotopic (exact) mass is 386 g/mol. The van der Waals surface area contributed by atoms with Crippen LogP contribution >= 0.6 is 0 Å². The number of aliphatic hydroxyl groups excluding tert-OH is 2. The highest BCUT2D eigenvalue weighted by atomic mass is 28.3. The number of aliphatic hydroxyl groups is 2. The largest absolute Gasteiger partial charge is 0.393 e. The summed E-state index contributed by atoms with van der Waals surface area (Å²) >= 11 is 0. The number of nitrogens with one attached hydrogen (secondary N) is 1. The Balaban J connectivity index is 2.65. The van der Waals surface area contributed by atoms with Crippen LogP contribution in [0.5, 0.6) is 0 Å². The molecular weight excluding hydrogens is 356 g/mol. The summed E-state index contributed by atoms with van der Waals surface area (Å²) in [5, 5.41) is 19.0. The van der Waals surface area contributed by atoms with Crippen molar-refractivity contribution >= 4 is 8.80 Å². The number of aryl methyl sites for hydroxylation is 1. The van der Waals surface area contributed by atoms with Gasteiger partial charge in [-0.1, -0.05) is 13.1 Å². The number of nitrogens with zero attached hydrogens (tertiary/aromatic N) is 1. The van der Waals surface area contributed by atoms with E-state index < -0.39 is 55.9 Å². The Labute approximate surface area is 154 Å². The number of hydrogen-bond acceptors (Lipinski definition) is 6. The fraction of sp³-hybridized carbons (Fsp3) is 0.765. The minimum Gasteiger partial charge on any atom is -0.393 e. The molecule has 2 heterocycles.